The van der Waals surface area contributed by atoms with Crippen LogP contribution >= 0.6 is 23.2 Å². The first-order chi connectivity index (χ1) is 20.3. The molecule has 1 N–H and O–H groups in total. The molecule has 2 aliphatic heterocycles. The maximum Gasteiger partial charge on any atom is 0.314 e. The van der Waals surface area contributed by atoms with E-state index < -0.39 is 27.5 Å². The van der Waals surface area contributed by atoms with Crippen LogP contribution in [0.4, 0.5) is 10.1 Å². The summed E-state index contributed by atoms with van der Waals surface area (Å²) in [4.78, 5) is 27.6. The standard InChI is InChI=1S/C31H32Cl2FN3O5S/c1-20-12-21(2)14-22(13-20)31(34)8-11-36(19-31)30(39)29(38)35-27-18-26(43(40,41)37-9-4-3-5-10-37)6-7-28(27)42-25-16-23(32)15-24(33)17-25/h6-7,12-18H,3-5,8-11,19H2,1-2H3,(H,35,38). The van der Waals surface area contributed by atoms with Crippen LogP contribution < -0.4 is 10.1 Å². The van der Waals surface area contributed by atoms with Gasteiger partial charge in [-0.05, 0) is 68.7 Å². The van der Waals surface area contributed by atoms with Crippen molar-refractivity contribution in [2.75, 3.05) is 31.5 Å². The number of alkyl halides is 1. The van der Waals surface area contributed by atoms with Crippen LogP contribution in [0.1, 0.15) is 42.4 Å². The third-order valence-electron chi connectivity index (χ3n) is 7.66. The number of aryl methyl sites for hydroxylation is 2. The molecule has 12 heteroatoms. The summed E-state index contributed by atoms with van der Waals surface area (Å²) in [6, 6.07) is 14.0. The van der Waals surface area contributed by atoms with E-state index in [0.717, 1.165) is 30.4 Å². The zero-order valence-corrected chi connectivity index (χ0v) is 26.2. The molecule has 0 spiro atoms. The lowest BCUT2D eigenvalue weighted by molar-refractivity contribution is -0.142. The molecule has 2 aliphatic rings. The molecule has 3 aromatic rings. The maximum atomic E-state index is 16.0. The number of benzene rings is 3. The predicted molar refractivity (Wildman–Crippen MR) is 164 cm³/mol. The van der Waals surface area contributed by atoms with Gasteiger partial charge in [-0.15, -0.1) is 0 Å². The second kappa shape index (κ2) is 12.4. The van der Waals surface area contributed by atoms with Gasteiger partial charge < -0.3 is 15.0 Å². The third kappa shape index (κ3) is 6.98. The Kier molecular flexibility index (Phi) is 9.04. The second-order valence-electron chi connectivity index (χ2n) is 11.1. The smallest absolute Gasteiger partial charge is 0.314 e. The van der Waals surface area contributed by atoms with Crippen molar-refractivity contribution in [3.8, 4) is 11.5 Å². The molecular weight excluding hydrogens is 616 g/mol. The highest BCUT2D eigenvalue weighted by molar-refractivity contribution is 7.89. The van der Waals surface area contributed by atoms with Crippen LogP contribution in [0, 0.1) is 13.8 Å². The highest BCUT2D eigenvalue weighted by Gasteiger charge is 2.43. The average Bonchev–Trinajstić information content (AvgIpc) is 3.36. The predicted octanol–water partition coefficient (Wildman–Crippen LogP) is 6.61. The van der Waals surface area contributed by atoms with Crippen LogP contribution in [0.3, 0.4) is 0 Å². The van der Waals surface area contributed by atoms with Gasteiger partial charge in [0.25, 0.3) is 0 Å². The Balaban J connectivity index is 1.41. The summed E-state index contributed by atoms with van der Waals surface area (Å²) >= 11 is 12.2. The minimum Gasteiger partial charge on any atom is -0.455 e. The number of rotatable bonds is 6. The Hall–Kier alpha value is -3.18. The van der Waals surface area contributed by atoms with Crippen molar-refractivity contribution in [1.29, 1.82) is 0 Å². The number of sulfonamides is 1. The fraction of sp³-hybridized carbons (Fsp3) is 0.355. The van der Waals surface area contributed by atoms with E-state index in [1.54, 1.807) is 12.1 Å². The Bertz CT molecular complexity index is 1640. The van der Waals surface area contributed by atoms with Gasteiger partial charge in [0.05, 0.1) is 17.1 Å². The molecule has 0 bridgehead atoms. The number of nitrogens with one attached hydrogen (secondary N) is 1. The molecule has 0 aromatic heterocycles. The van der Waals surface area contributed by atoms with E-state index in [-0.39, 0.29) is 41.6 Å². The number of amides is 2. The number of carbonyl (C=O) groups is 2. The van der Waals surface area contributed by atoms with Crippen LogP contribution in [0.2, 0.25) is 10.0 Å². The van der Waals surface area contributed by atoms with E-state index in [9.17, 15) is 18.0 Å². The SMILES string of the molecule is Cc1cc(C)cc(C2(F)CCN(C(=O)C(=O)Nc3cc(S(=O)(=O)N4CCCCC4)ccc3Oc3cc(Cl)cc(Cl)c3)C2)c1. The Morgan fingerprint density at radius 3 is 2.21 bits per heavy atom. The average molecular weight is 649 g/mol. The fourth-order valence-electron chi connectivity index (χ4n) is 5.56. The number of anilines is 1. The van der Waals surface area contributed by atoms with E-state index in [4.69, 9.17) is 27.9 Å². The number of hydrogen-bond acceptors (Lipinski definition) is 5. The summed E-state index contributed by atoms with van der Waals surface area (Å²) in [5, 5.41) is 3.12. The summed E-state index contributed by atoms with van der Waals surface area (Å²) in [6.45, 7) is 4.30. The van der Waals surface area contributed by atoms with Crippen LogP contribution in [0.25, 0.3) is 0 Å². The summed E-state index contributed by atoms with van der Waals surface area (Å²) in [7, 11) is -3.87. The molecule has 1 unspecified atom stereocenters. The van der Waals surface area contributed by atoms with Gasteiger partial charge in [0.15, 0.2) is 11.4 Å². The lowest BCUT2D eigenvalue weighted by Crippen LogP contribution is -2.40. The number of likely N-dealkylation sites (tertiary alicyclic amines) is 1. The molecule has 228 valence electrons. The van der Waals surface area contributed by atoms with Crippen LogP contribution in [0.15, 0.2) is 59.5 Å². The molecule has 0 radical (unpaired) electrons. The Labute approximate surface area is 260 Å². The van der Waals surface area contributed by atoms with Gasteiger partial charge in [-0.25, -0.2) is 12.8 Å². The first-order valence-electron chi connectivity index (χ1n) is 14.0. The number of ether oxygens (including phenoxy) is 1. The quantitative estimate of drug-likeness (QED) is 0.304. The van der Waals surface area contributed by atoms with E-state index >= 15 is 4.39 Å². The zero-order valence-electron chi connectivity index (χ0n) is 23.8. The molecule has 2 fully saturated rings. The maximum absolute atomic E-state index is 16.0. The van der Waals surface area contributed by atoms with Gasteiger partial charge in [-0.2, -0.15) is 4.31 Å². The van der Waals surface area contributed by atoms with Crippen molar-refractivity contribution in [2.45, 2.75) is 50.1 Å². The minimum absolute atomic E-state index is 0.0440. The highest BCUT2D eigenvalue weighted by Crippen LogP contribution is 2.38. The summed E-state index contributed by atoms with van der Waals surface area (Å²) in [5.41, 5.74) is 0.430. The molecule has 43 heavy (non-hydrogen) atoms. The molecule has 2 amide bonds. The van der Waals surface area contributed by atoms with Gasteiger partial charge in [-0.1, -0.05) is 58.9 Å². The topological polar surface area (TPSA) is 96.0 Å². The molecule has 0 saturated carbocycles. The van der Waals surface area contributed by atoms with Crippen molar-refractivity contribution >= 4 is 50.7 Å². The number of halogens is 3. The second-order valence-corrected chi connectivity index (χ2v) is 13.9. The van der Waals surface area contributed by atoms with E-state index in [1.165, 1.54) is 45.6 Å². The molecule has 3 aromatic carbocycles. The van der Waals surface area contributed by atoms with Gasteiger partial charge in [0.1, 0.15) is 5.75 Å². The van der Waals surface area contributed by atoms with Crippen LogP contribution in [-0.4, -0.2) is 55.6 Å². The monoisotopic (exact) mass is 647 g/mol. The van der Waals surface area contributed by atoms with Gasteiger partial charge in [0, 0.05) is 36.1 Å². The van der Waals surface area contributed by atoms with E-state index in [1.807, 2.05) is 19.9 Å². The van der Waals surface area contributed by atoms with Gasteiger partial charge in [0.2, 0.25) is 10.0 Å². The summed E-state index contributed by atoms with van der Waals surface area (Å²) < 4.78 is 50.1. The molecule has 5 rings (SSSR count). The van der Waals surface area contributed by atoms with Crippen molar-refractivity contribution in [3.63, 3.8) is 0 Å². The van der Waals surface area contributed by atoms with Crippen LogP contribution in [0.5, 0.6) is 11.5 Å². The highest BCUT2D eigenvalue weighted by atomic mass is 35.5. The van der Waals surface area contributed by atoms with E-state index in [2.05, 4.69) is 5.32 Å². The third-order valence-corrected chi connectivity index (χ3v) is 9.99. The van der Waals surface area contributed by atoms with E-state index in [0.29, 0.717) is 28.7 Å². The zero-order chi connectivity index (χ0) is 30.9. The molecular formula is C31H32Cl2FN3O5S. The van der Waals surface area contributed by atoms with Crippen molar-refractivity contribution in [3.05, 3.63) is 81.3 Å². The first kappa shape index (κ1) is 31.3. The minimum atomic E-state index is -3.87. The largest absolute Gasteiger partial charge is 0.455 e. The van der Waals surface area contributed by atoms with Crippen LogP contribution in [-0.2, 0) is 25.3 Å². The molecule has 1 atom stereocenters. The fourth-order valence-corrected chi connectivity index (χ4v) is 7.61. The molecule has 2 heterocycles. The Morgan fingerprint density at radius 2 is 1.56 bits per heavy atom. The van der Waals surface area contributed by atoms with Crippen molar-refractivity contribution in [1.82, 2.24) is 9.21 Å². The number of piperidine rings is 1. The normalized spacial score (nSPS) is 19.3. The lowest BCUT2D eigenvalue weighted by Gasteiger charge is -2.26. The van der Waals surface area contributed by atoms with Crippen molar-refractivity contribution < 1.29 is 27.1 Å². The number of carbonyl (C=O) groups excluding carboxylic acids is 2. The van der Waals surface area contributed by atoms with Crippen molar-refractivity contribution in [2.24, 2.45) is 0 Å². The summed E-state index contributed by atoms with van der Waals surface area (Å²) in [5.74, 6) is -1.69. The Morgan fingerprint density at radius 1 is 0.907 bits per heavy atom. The lowest BCUT2D eigenvalue weighted by atomic mass is 9.92. The number of hydrogen-bond donors (Lipinski definition) is 1. The molecule has 8 nitrogen and oxygen atoms in total. The summed E-state index contributed by atoms with van der Waals surface area (Å²) in [6.07, 6.45) is 2.50. The van der Waals surface area contributed by atoms with Gasteiger partial charge in [-0.3, -0.25) is 9.59 Å². The van der Waals surface area contributed by atoms with Gasteiger partial charge >= 0.3 is 11.8 Å². The molecule has 0 aliphatic carbocycles. The molecule has 2 saturated heterocycles. The first-order valence-corrected chi connectivity index (χ1v) is 16.2. The number of nitrogens with zero attached hydrogens (tertiary/aromatic N) is 2.